The summed E-state index contributed by atoms with van der Waals surface area (Å²) >= 11 is 0. The predicted octanol–water partition coefficient (Wildman–Crippen LogP) is 10.6. The lowest BCUT2D eigenvalue weighted by Gasteiger charge is -2.50. The van der Waals surface area contributed by atoms with E-state index in [1.807, 2.05) is 90.0 Å². The summed E-state index contributed by atoms with van der Waals surface area (Å²) in [4.78, 5) is 180. The summed E-state index contributed by atoms with van der Waals surface area (Å²) in [6.45, 7) is 37.9. The van der Waals surface area contributed by atoms with Crippen molar-refractivity contribution in [3.8, 4) is 0 Å². The van der Waals surface area contributed by atoms with Crippen LogP contribution in [0.5, 0.6) is 0 Å². The van der Waals surface area contributed by atoms with Crippen molar-refractivity contribution in [1.82, 2.24) is 0 Å². The molecule has 19 aliphatic rings. The van der Waals surface area contributed by atoms with E-state index in [9.17, 15) is 82.1 Å². The van der Waals surface area contributed by atoms with Crippen molar-refractivity contribution in [3.63, 3.8) is 0 Å². The Labute approximate surface area is 748 Å². The fourth-order valence-electron chi connectivity index (χ4n) is 21.4. The van der Waals surface area contributed by atoms with Crippen LogP contribution in [0.15, 0.2) is 0 Å². The highest BCUT2D eigenvalue weighted by Gasteiger charge is 2.70. The maximum Gasteiger partial charge on any atom is 0.350 e. The van der Waals surface area contributed by atoms with Gasteiger partial charge in [-0.1, -0.05) is 48.5 Å². The topological polar surface area (TPSA) is 453 Å². The second-order valence-electron chi connectivity index (χ2n) is 43.4. The van der Waals surface area contributed by atoms with Crippen molar-refractivity contribution in [2.45, 2.75) is 389 Å². The molecule has 10 heterocycles. The third-order valence-electron chi connectivity index (χ3n) is 31.4. The standard InChI is InChI=1S/2C17H24O6.C16H22O6.C16H24O5.C15H22O7.C13H20O4/c1-5-17(3,4)16(20)21-7-11(18)22-13-9-6-10-12(8(9)2)15(19)23-14(10)13;1-4-15(2,3)14(21)23-17-6-10-5-16(9-17,13(19)20)7-11(8-17)22-12(10)18;1-4-16(2,3)15(19)20-7-11(17)21-12-8-5-9-10(6-8)14(18)22-13(9)12;1-4-14(2,3)13(18)21-16-6-10-5-15(19,9-16)7-11(8-16)20-12(10)17;1-6-14(2,3)13(17)20-9-7-8(18-11(9)16)10-12(19-7)22-15(4,5)21-10;1-4-13(2,3)12(15)17-10-8-6-5-7-9(8)16-11(10)14/h8-10,12-14H,5-7H2,1-4H3;10-11H,4-9H2,1-3H3,(H,19,20);8-10,12-13H,4-7H2,1-3H3;10-11,19H,4-9H2,1-3H3;7-10,12H,6H2,1-5H3;8-10H,4-7H2,1-3H3. The Bertz CT molecular complexity index is 4300. The van der Waals surface area contributed by atoms with Gasteiger partial charge in [-0.25, -0.2) is 19.2 Å². The summed E-state index contributed by atoms with van der Waals surface area (Å²) in [5.41, 5.74) is -7.18. The molecule has 34 nitrogen and oxygen atoms in total. The number of carboxylic acid groups (broad SMARTS) is 1. The summed E-state index contributed by atoms with van der Waals surface area (Å²) < 4.78 is 92.6. The average Bonchev–Trinajstić information content (AvgIpc) is 1.56. The highest BCUT2D eigenvalue weighted by atomic mass is 16.9. The molecule has 0 aromatic rings. The first-order valence-corrected chi connectivity index (χ1v) is 46.3. The molecule has 10 aliphatic heterocycles. The van der Waals surface area contributed by atoms with E-state index in [1.54, 1.807) is 55.4 Å². The molecular weight excluding hydrogens is 1670 g/mol. The molecule has 27 atom stereocenters. The zero-order valence-electron chi connectivity index (χ0n) is 78.2. The Morgan fingerprint density at radius 1 is 0.422 bits per heavy atom. The van der Waals surface area contributed by atoms with Crippen LogP contribution in [-0.4, -0.2) is 215 Å². The fraction of sp³-hybridized carbons (Fsp3) is 0.840. The number of rotatable bonds is 23. The molecule has 0 amide bonds. The van der Waals surface area contributed by atoms with Crippen LogP contribution in [0.2, 0.25) is 0 Å². The molecule has 9 aliphatic carbocycles. The van der Waals surface area contributed by atoms with Crippen molar-refractivity contribution >= 4 is 89.5 Å². The van der Waals surface area contributed by atoms with E-state index in [2.05, 4.69) is 0 Å². The molecule has 2 N–H and O–H groups in total. The van der Waals surface area contributed by atoms with Gasteiger partial charge in [0, 0.05) is 81.0 Å². The van der Waals surface area contributed by atoms with E-state index in [1.165, 1.54) is 0 Å². The van der Waals surface area contributed by atoms with Crippen LogP contribution in [0.3, 0.4) is 0 Å². The van der Waals surface area contributed by atoms with E-state index in [0.29, 0.717) is 89.9 Å². The number of ether oxygens (including phenoxy) is 17. The molecule has 0 aromatic carbocycles. The van der Waals surface area contributed by atoms with Gasteiger partial charge in [-0.3, -0.25) is 52.7 Å². The number of esters is 14. The minimum atomic E-state index is -1.07. The van der Waals surface area contributed by atoms with Gasteiger partial charge in [0.2, 0.25) is 12.2 Å². The Hall–Kier alpha value is -8.11. The fourth-order valence-corrected chi connectivity index (χ4v) is 21.4. The zero-order chi connectivity index (χ0) is 94.4. The van der Waals surface area contributed by atoms with Crippen molar-refractivity contribution in [2.24, 2.45) is 97.1 Å². The third kappa shape index (κ3) is 20.0. The van der Waals surface area contributed by atoms with Gasteiger partial charge < -0.3 is 90.7 Å². The molecular formula is C94H136O34. The molecule has 34 heteroatoms. The Balaban J connectivity index is 0.000000140. The first-order valence-electron chi connectivity index (χ1n) is 46.3. The molecule has 0 aromatic heterocycles. The van der Waals surface area contributed by atoms with Crippen LogP contribution in [0.1, 0.15) is 287 Å². The molecule has 27 unspecified atom stereocenters. The SMILES string of the molecule is CCC(C)(C)C(=O)OC12CC3CC(C(=O)O)(CC(C1)C(=O)O3)C2.CCC(C)(C)C(=O)OC12CC3CC(O)(CC(C1)C(=O)O3)C2.CCC(C)(C)C(=O)OC1C(=O)OC2C3OC(C)(C)OC3OC12.CCC(C)(C)C(=O)OC1C(=O)OC2CCCC21.CCC(C)(C)C(=O)OCC(=O)OC1C2CC3C(=O)OC1C3C2.CCC(C)(C)C(=O)OCC(=O)OC1C2CC3C1OC(=O)C3C2C. The predicted molar refractivity (Wildman–Crippen MR) is 441 cm³/mol. The summed E-state index contributed by atoms with van der Waals surface area (Å²) in [5, 5.41) is 20.5. The summed E-state index contributed by atoms with van der Waals surface area (Å²) in [7, 11) is 0. The van der Waals surface area contributed by atoms with Gasteiger partial charge in [-0.15, -0.1) is 0 Å². The van der Waals surface area contributed by atoms with Crippen LogP contribution in [0, 0.1) is 97.1 Å². The van der Waals surface area contributed by atoms with Crippen LogP contribution >= 0.6 is 0 Å². The van der Waals surface area contributed by atoms with E-state index in [4.69, 9.17) is 80.5 Å². The average molecular weight is 1810 g/mol. The maximum atomic E-state index is 12.6. The van der Waals surface area contributed by atoms with Crippen molar-refractivity contribution in [2.75, 3.05) is 13.2 Å². The number of carbonyl (C=O) groups excluding carboxylic acids is 14. The number of aliphatic hydroxyl groups is 1. The number of hydrogen-bond donors (Lipinski definition) is 2. The molecule has 19 rings (SSSR count). The van der Waals surface area contributed by atoms with Gasteiger partial charge in [-0.2, -0.15) is 0 Å². The van der Waals surface area contributed by atoms with Crippen LogP contribution in [0.4, 0.5) is 0 Å². The van der Waals surface area contributed by atoms with Gasteiger partial charge in [0.05, 0.1) is 67.2 Å². The van der Waals surface area contributed by atoms with E-state index in [0.717, 1.165) is 38.5 Å². The monoisotopic (exact) mass is 1810 g/mol. The number of aliphatic carboxylic acids is 1. The van der Waals surface area contributed by atoms with Gasteiger partial charge in [0.25, 0.3) is 0 Å². The van der Waals surface area contributed by atoms with Crippen molar-refractivity contribution < 1.29 is 163 Å². The summed E-state index contributed by atoms with van der Waals surface area (Å²) in [6, 6.07) is 0. The van der Waals surface area contributed by atoms with Gasteiger partial charge in [0.15, 0.2) is 37.5 Å². The number of carboxylic acids is 1. The second kappa shape index (κ2) is 36.5. The van der Waals surface area contributed by atoms with Crippen LogP contribution in [-0.2, 0) is 152 Å². The number of fused-ring (bicyclic) bond motifs is 8. The Kier molecular flexibility index (Phi) is 28.2. The van der Waals surface area contributed by atoms with Crippen molar-refractivity contribution in [1.29, 1.82) is 0 Å². The number of hydrogen-bond acceptors (Lipinski definition) is 33. The third-order valence-corrected chi connectivity index (χ3v) is 31.4. The first-order chi connectivity index (χ1) is 59.5. The quantitative estimate of drug-likeness (QED) is 0.0709. The van der Waals surface area contributed by atoms with Gasteiger partial charge >= 0.3 is 89.5 Å². The first kappa shape index (κ1) is 98.9. The molecule has 9 saturated carbocycles. The van der Waals surface area contributed by atoms with Crippen LogP contribution in [0.25, 0.3) is 0 Å². The van der Waals surface area contributed by atoms with Gasteiger partial charge in [0.1, 0.15) is 60.0 Å². The molecule has 0 spiro atoms. The molecule has 0 radical (unpaired) electrons. The van der Waals surface area contributed by atoms with Gasteiger partial charge in [-0.05, 0) is 193 Å². The molecule has 10 saturated heterocycles. The lowest BCUT2D eigenvalue weighted by Crippen LogP contribution is -2.57. The molecule has 128 heavy (non-hydrogen) atoms. The zero-order valence-corrected chi connectivity index (χ0v) is 78.2. The minimum Gasteiger partial charge on any atom is -0.481 e. The maximum absolute atomic E-state index is 12.6. The molecule has 19 fully saturated rings. The lowest BCUT2D eigenvalue weighted by molar-refractivity contribution is -0.217. The second-order valence-corrected chi connectivity index (χ2v) is 43.4. The molecule has 716 valence electrons. The Morgan fingerprint density at radius 2 is 0.891 bits per heavy atom. The van der Waals surface area contributed by atoms with Crippen molar-refractivity contribution in [3.05, 3.63) is 0 Å². The Morgan fingerprint density at radius 3 is 1.43 bits per heavy atom. The highest BCUT2D eigenvalue weighted by molar-refractivity contribution is 5.87. The summed E-state index contributed by atoms with van der Waals surface area (Å²) in [6.07, 6.45) is 6.87. The molecule has 12 bridgehead atoms. The van der Waals surface area contributed by atoms with E-state index >= 15 is 0 Å². The van der Waals surface area contributed by atoms with E-state index < -0.39 is 164 Å². The normalized spacial score (nSPS) is 37.7. The smallest absolute Gasteiger partial charge is 0.350 e. The number of carbonyl (C=O) groups is 15. The van der Waals surface area contributed by atoms with E-state index in [-0.39, 0.29) is 151 Å². The summed E-state index contributed by atoms with van der Waals surface area (Å²) in [5.74, 6) is -6.78. The largest absolute Gasteiger partial charge is 0.481 e. The van der Waals surface area contributed by atoms with Crippen LogP contribution < -0.4 is 0 Å². The minimum absolute atomic E-state index is 0.00636. The lowest BCUT2D eigenvalue weighted by atomic mass is 9.57. The highest BCUT2D eigenvalue weighted by Crippen LogP contribution is 2.62.